The van der Waals surface area contributed by atoms with Crippen LogP contribution in [-0.4, -0.2) is 28.0 Å². The predicted molar refractivity (Wildman–Crippen MR) is 83.9 cm³/mol. The molecule has 0 radical (unpaired) electrons. The third kappa shape index (κ3) is 2.52. The van der Waals surface area contributed by atoms with E-state index in [1.165, 1.54) is 24.3 Å². The largest absolute Gasteiger partial charge is 0.534 e. The molecule has 2 aliphatic carbocycles. The lowest BCUT2D eigenvalue weighted by atomic mass is 9.85. The molecule has 4 rings (SSSR count). The second-order valence-electron chi connectivity index (χ2n) is 6.52. The highest BCUT2D eigenvalue weighted by Gasteiger charge is 2.61. The molecule has 9 heteroatoms. The van der Waals surface area contributed by atoms with Gasteiger partial charge in [0.2, 0.25) is 0 Å². The lowest BCUT2D eigenvalue weighted by Crippen LogP contribution is -2.35. The zero-order chi connectivity index (χ0) is 18.4. The highest BCUT2D eigenvalue weighted by atomic mass is 16.8. The van der Waals surface area contributed by atoms with Crippen molar-refractivity contribution in [2.24, 2.45) is 23.7 Å². The van der Waals surface area contributed by atoms with Crippen LogP contribution in [0.3, 0.4) is 0 Å². The second kappa shape index (κ2) is 5.94. The number of nitrogens with zero attached hydrogens (tertiary/aromatic N) is 2. The first-order chi connectivity index (χ1) is 12.5. The summed E-state index contributed by atoms with van der Waals surface area (Å²) < 4.78 is 4.89. The fourth-order valence-electron chi connectivity index (χ4n) is 3.92. The summed E-state index contributed by atoms with van der Waals surface area (Å²) in [5.74, 6) is -1.90. The molecule has 3 aliphatic rings. The summed E-state index contributed by atoms with van der Waals surface area (Å²) in [5.41, 5.74) is 0.421. The molecule has 2 unspecified atom stereocenters. The molecule has 2 fully saturated rings. The number of carbonyl (C=O) groups is 3. The van der Waals surface area contributed by atoms with Gasteiger partial charge in [-0.15, -0.1) is 0 Å². The fourth-order valence-corrected chi connectivity index (χ4v) is 3.92. The normalized spacial score (nSPS) is 28.4. The number of hydrogen-bond donors (Lipinski definition) is 0. The summed E-state index contributed by atoms with van der Waals surface area (Å²) in [6.07, 6.45) is 3.48. The molecular formula is C17H14N2O7. The minimum absolute atomic E-state index is 0.0196. The van der Waals surface area contributed by atoms with Crippen molar-refractivity contribution in [1.29, 1.82) is 0 Å². The maximum absolute atomic E-state index is 12.4. The third-order valence-electron chi connectivity index (χ3n) is 5.10. The predicted octanol–water partition coefficient (Wildman–Crippen LogP) is 1.97. The van der Waals surface area contributed by atoms with Crippen LogP contribution in [0.4, 0.5) is 10.5 Å². The van der Waals surface area contributed by atoms with E-state index in [0.717, 1.165) is 6.42 Å². The van der Waals surface area contributed by atoms with Gasteiger partial charge in [-0.25, -0.2) is 4.79 Å². The number of carbonyl (C=O) groups excluding carboxylic acids is 3. The van der Waals surface area contributed by atoms with Crippen molar-refractivity contribution in [3.8, 4) is 0 Å². The van der Waals surface area contributed by atoms with E-state index in [2.05, 4.69) is 0 Å². The Morgan fingerprint density at radius 3 is 2.23 bits per heavy atom. The Labute approximate surface area is 147 Å². The summed E-state index contributed by atoms with van der Waals surface area (Å²) in [6.45, 7) is -0.202. The number of nitro groups is 1. The van der Waals surface area contributed by atoms with E-state index >= 15 is 0 Å². The molecule has 1 saturated carbocycles. The van der Waals surface area contributed by atoms with Gasteiger partial charge in [-0.1, -0.05) is 17.2 Å². The van der Waals surface area contributed by atoms with E-state index in [-0.39, 0.29) is 24.1 Å². The molecule has 134 valence electrons. The van der Waals surface area contributed by atoms with Crippen LogP contribution in [0.1, 0.15) is 12.0 Å². The summed E-state index contributed by atoms with van der Waals surface area (Å²) in [4.78, 5) is 51.4. The van der Waals surface area contributed by atoms with Gasteiger partial charge >= 0.3 is 6.16 Å². The average Bonchev–Trinajstić information content (AvgIpc) is 3.30. The first-order valence-corrected chi connectivity index (χ1v) is 8.10. The number of hydroxylamine groups is 2. The number of hydrogen-bond acceptors (Lipinski definition) is 7. The average molecular weight is 358 g/mol. The number of allylic oxidation sites excluding steroid dienone is 2. The van der Waals surface area contributed by atoms with Crippen molar-refractivity contribution in [1.82, 2.24) is 5.06 Å². The summed E-state index contributed by atoms with van der Waals surface area (Å²) in [6, 6.07) is 5.43. The van der Waals surface area contributed by atoms with Crippen LogP contribution in [0.15, 0.2) is 36.4 Å². The highest BCUT2D eigenvalue weighted by Crippen LogP contribution is 2.52. The zero-order valence-corrected chi connectivity index (χ0v) is 13.4. The van der Waals surface area contributed by atoms with Gasteiger partial charge in [0.25, 0.3) is 17.5 Å². The van der Waals surface area contributed by atoms with Gasteiger partial charge in [0.05, 0.1) is 16.8 Å². The molecule has 26 heavy (non-hydrogen) atoms. The van der Waals surface area contributed by atoms with Crippen molar-refractivity contribution in [3.63, 3.8) is 0 Å². The summed E-state index contributed by atoms with van der Waals surface area (Å²) in [5, 5.41) is 11.1. The summed E-state index contributed by atoms with van der Waals surface area (Å²) in [7, 11) is 0. The Morgan fingerprint density at radius 1 is 1.12 bits per heavy atom. The molecule has 9 nitrogen and oxygen atoms in total. The van der Waals surface area contributed by atoms with Gasteiger partial charge < -0.3 is 4.74 Å². The maximum atomic E-state index is 12.4. The quantitative estimate of drug-likeness (QED) is 0.265. The second-order valence-corrected chi connectivity index (χ2v) is 6.52. The van der Waals surface area contributed by atoms with Gasteiger partial charge in [0, 0.05) is 12.1 Å². The number of non-ortho nitro benzene ring substituents is 1. The zero-order valence-electron chi connectivity index (χ0n) is 13.4. The number of imide groups is 1. The molecule has 1 aromatic carbocycles. The molecule has 1 saturated heterocycles. The van der Waals surface area contributed by atoms with Crippen molar-refractivity contribution >= 4 is 23.7 Å². The van der Waals surface area contributed by atoms with Crippen molar-refractivity contribution in [3.05, 3.63) is 52.1 Å². The fraction of sp³-hybridized carbons (Fsp3) is 0.353. The number of nitro benzene ring substituents is 1. The van der Waals surface area contributed by atoms with Gasteiger partial charge in [0.15, 0.2) is 0 Å². The summed E-state index contributed by atoms with van der Waals surface area (Å²) >= 11 is 0. The van der Waals surface area contributed by atoms with E-state index < -0.39 is 34.7 Å². The SMILES string of the molecule is O=C(OCc1ccc([N+](=O)[O-])cc1)ON1C(=O)[C@@H]2C3C=CC(C3)[C@@H]2C1=O. The van der Waals surface area contributed by atoms with Crippen molar-refractivity contribution in [2.45, 2.75) is 13.0 Å². The van der Waals surface area contributed by atoms with Crippen LogP contribution in [0, 0.1) is 33.8 Å². The van der Waals surface area contributed by atoms with Gasteiger partial charge in [-0.2, -0.15) is 0 Å². The van der Waals surface area contributed by atoms with Gasteiger partial charge in [-0.05, 0) is 36.0 Å². The molecule has 1 heterocycles. The number of benzene rings is 1. The minimum Gasteiger partial charge on any atom is -0.428 e. The van der Waals surface area contributed by atoms with E-state index in [9.17, 15) is 24.5 Å². The third-order valence-corrected chi connectivity index (χ3v) is 5.10. The van der Waals surface area contributed by atoms with Crippen LogP contribution < -0.4 is 0 Å². The van der Waals surface area contributed by atoms with Crippen LogP contribution in [0.5, 0.6) is 0 Å². The highest BCUT2D eigenvalue weighted by molar-refractivity contribution is 6.05. The molecule has 1 aromatic rings. The van der Waals surface area contributed by atoms with Crippen LogP contribution in [-0.2, 0) is 25.8 Å². The lowest BCUT2D eigenvalue weighted by Gasteiger charge is -2.15. The number of fused-ring (bicyclic) bond motifs is 5. The molecule has 0 aromatic heterocycles. The van der Waals surface area contributed by atoms with Crippen LogP contribution >= 0.6 is 0 Å². The first kappa shape index (κ1) is 16.2. The maximum Gasteiger partial charge on any atom is 0.534 e. The van der Waals surface area contributed by atoms with E-state index in [4.69, 9.17) is 9.57 Å². The molecular weight excluding hydrogens is 344 g/mol. The standard InChI is InChI=1S/C17H14N2O7/c20-15-13-10-3-4-11(7-10)14(13)16(21)18(15)26-17(22)25-8-9-1-5-12(6-2-9)19(23)24/h1-6,10-11,13-14H,7-8H2/t10?,11?,13-,14+. The molecule has 1 aliphatic heterocycles. The Bertz CT molecular complexity index is 802. The van der Waals surface area contributed by atoms with Crippen LogP contribution in [0.25, 0.3) is 0 Å². The van der Waals surface area contributed by atoms with Crippen LogP contribution in [0.2, 0.25) is 0 Å². The van der Waals surface area contributed by atoms with E-state index in [0.29, 0.717) is 10.6 Å². The smallest absolute Gasteiger partial charge is 0.428 e. The Morgan fingerprint density at radius 2 is 1.69 bits per heavy atom. The van der Waals surface area contributed by atoms with Crippen molar-refractivity contribution < 1.29 is 28.9 Å². The molecule has 0 spiro atoms. The topological polar surface area (TPSA) is 116 Å². The van der Waals surface area contributed by atoms with Crippen molar-refractivity contribution in [2.75, 3.05) is 0 Å². The minimum atomic E-state index is -1.18. The van der Waals surface area contributed by atoms with Gasteiger partial charge in [0.1, 0.15) is 6.61 Å². The lowest BCUT2D eigenvalue weighted by molar-refractivity contribution is -0.384. The Hall–Kier alpha value is -3.23. The Kier molecular flexibility index (Phi) is 3.71. The number of rotatable bonds is 4. The molecule has 2 bridgehead atoms. The first-order valence-electron chi connectivity index (χ1n) is 8.10. The molecule has 2 amide bonds. The Balaban J connectivity index is 1.35. The number of ether oxygens (including phenoxy) is 1. The monoisotopic (exact) mass is 358 g/mol. The molecule has 4 atom stereocenters. The number of amides is 2. The van der Waals surface area contributed by atoms with E-state index in [1.807, 2.05) is 12.2 Å². The van der Waals surface area contributed by atoms with Gasteiger partial charge in [-0.3, -0.25) is 24.5 Å². The molecule has 0 N–H and O–H groups in total. The van der Waals surface area contributed by atoms with E-state index in [1.54, 1.807) is 0 Å².